The zero-order chi connectivity index (χ0) is 36.1. The van der Waals surface area contributed by atoms with E-state index in [1.807, 2.05) is 0 Å². The predicted octanol–water partition coefficient (Wildman–Crippen LogP) is 2.17. The van der Waals surface area contributed by atoms with Gasteiger partial charge in [-0.1, -0.05) is 42.5 Å². The molecule has 2 aromatic carbocycles. The zero-order valence-electron chi connectivity index (χ0n) is 27.1. The van der Waals surface area contributed by atoms with Crippen LogP contribution in [0.2, 0.25) is 0 Å². The van der Waals surface area contributed by atoms with Gasteiger partial charge in [0, 0.05) is 38.2 Å². The van der Waals surface area contributed by atoms with Crippen molar-refractivity contribution >= 4 is 29.5 Å². The Morgan fingerprint density at radius 2 is 1.56 bits per heavy atom. The summed E-state index contributed by atoms with van der Waals surface area (Å²) in [4.78, 5) is 65.2. The summed E-state index contributed by atoms with van der Waals surface area (Å²) in [6, 6.07) is 11.1. The number of primary amides is 1. The smallest absolute Gasteiger partial charge is 0.416 e. The van der Waals surface area contributed by atoms with Crippen LogP contribution in [0.4, 0.5) is 13.2 Å². The van der Waals surface area contributed by atoms with Gasteiger partial charge in [-0.25, -0.2) is 0 Å². The number of alkyl halides is 3. The van der Waals surface area contributed by atoms with E-state index in [2.05, 4.69) is 26.6 Å². The summed E-state index contributed by atoms with van der Waals surface area (Å²) in [6.07, 6.45) is -0.361. The van der Waals surface area contributed by atoms with E-state index in [4.69, 9.17) is 10.2 Å². The molecule has 0 unspecified atom stereocenters. The van der Waals surface area contributed by atoms with Gasteiger partial charge in [0.1, 0.15) is 23.9 Å². The fourth-order valence-electron chi connectivity index (χ4n) is 5.44. The molecule has 0 radical (unpaired) electrons. The first-order valence-electron chi connectivity index (χ1n) is 16.0. The standard InChI is InChI=1S/C35H39F3N6O6/c36-35(37,38)26-12-4-3-9-23(26)18-28-34(49)44-29(20-25-11-7-17-50-25)33(48)41-21-24-10-2-1-8-22(24)19-31(46)42-27(32(39)47)13-5-6-15-40-16-14-30(45)43-28/h1-4,7-12,14,16-17,27-29,40H,5-6,13,15,18-21H2,(H2,39,47)(H,41,48)(H,42,46)(H,43,45)(H,44,49)/b16-14+/t27-,28+,29-/m0/s1. The number of hydrogen-bond donors (Lipinski definition) is 6. The first-order valence-corrected chi connectivity index (χ1v) is 16.0. The lowest BCUT2D eigenvalue weighted by atomic mass is 9.98. The van der Waals surface area contributed by atoms with Gasteiger partial charge < -0.3 is 36.7 Å². The minimum atomic E-state index is -4.72. The van der Waals surface area contributed by atoms with Crippen molar-refractivity contribution in [2.24, 2.45) is 5.73 Å². The Labute approximate surface area is 286 Å². The van der Waals surface area contributed by atoms with Crippen molar-refractivity contribution in [3.63, 3.8) is 0 Å². The van der Waals surface area contributed by atoms with Crippen molar-refractivity contribution in [1.82, 2.24) is 26.6 Å². The number of rotatable bonds is 5. The molecule has 0 bridgehead atoms. The van der Waals surface area contributed by atoms with Crippen molar-refractivity contribution in [3.05, 3.63) is 107 Å². The van der Waals surface area contributed by atoms with Crippen LogP contribution >= 0.6 is 0 Å². The number of nitrogens with one attached hydrogen (secondary N) is 5. The van der Waals surface area contributed by atoms with Crippen LogP contribution in [0, 0.1) is 0 Å². The molecule has 50 heavy (non-hydrogen) atoms. The maximum atomic E-state index is 13.9. The average molecular weight is 697 g/mol. The van der Waals surface area contributed by atoms with E-state index in [9.17, 15) is 37.1 Å². The molecule has 0 saturated heterocycles. The topological polar surface area (TPSA) is 185 Å². The van der Waals surface area contributed by atoms with E-state index in [0.29, 0.717) is 36.3 Å². The van der Waals surface area contributed by atoms with E-state index >= 15 is 0 Å². The van der Waals surface area contributed by atoms with Gasteiger partial charge in [-0.05, 0) is 54.2 Å². The molecule has 12 nitrogen and oxygen atoms in total. The molecule has 0 spiro atoms. The molecule has 266 valence electrons. The molecule has 3 aromatic rings. The molecule has 3 atom stereocenters. The van der Waals surface area contributed by atoms with Gasteiger partial charge in [-0.15, -0.1) is 0 Å². The zero-order valence-corrected chi connectivity index (χ0v) is 27.1. The number of amides is 5. The maximum Gasteiger partial charge on any atom is 0.416 e. The summed E-state index contributed by atoms with van der Waals surface area (Å²) in [5, 5.41) is 13.4. The molecular formula is C35H39F3N6O6. The fourth-order valence-corrected chi connectivity index (χ4v) is 5.44. The highest BCUT2D eigenvalue weighted by atomic mass is 19.4. The lowest BCUT2D eigenvalue weighted by molar-refractivity contribution is -0.138. The van der Waals surface area contributed by atoms with Crippen molar-refractivity contribution in [1.29, 1.82) is 0 Å². The largest absolute Gasteiger partial charge is 0.469 e. The van der Waals surface area contributed by atoms with Gasteiger partial charge >= 0.3 is 6.18 Å². The number of hydrogen-bond acceptors (Lipinski definition) is 7. The van der Waals surface area contributed by atoms with E-state index in [0.717, 1.165) is 12.1 Å². The minimum absolute atomic E-state index is 0.0526. The van der Waals surface area contributed by atoms with Crippen LogP contribution in [0.1, 0.15) is 47.3 Å². The van der Waals surface area contributed by atoms with Gasteiger partial charge in [0.2, 0.25) is 29.5 Å². The minimum Gasteiger partial charge on any atom is -0.469 e. The van der Waals surface area contributed by atoms with Gasteiger partial charge in [-0.2, -0.15) is 13.2 Å². The van der Waals surface area contributed by atoms with Crippen molar-refractivity contribution in [2.45, 2.75) is 69.4 Å². The van der Waals surface area contributed by atoms with Crippen LogP contribution in [0.5, 0.6) is 0 Å². The average Bonchev–Trinajstić information content (AvgIpc) is 3.58. The molecule has 0 fully saturated rings. The van der Waals surface area contributed by atoms with Gasteiger partial charge in [0.15, 0.2) is 0 Å². The van der Waals surface area contributed by atoms with Crippen molar-refractivity contribution in [3.8, 4) is 0 Å². The highest BCUT2D eigenvalue weighted by Crippen LogP contribution is 2.32. The van der Waals surface area contributed by atoms with E-state index < -0.39 is 65.8 Å². The molecule has 5 amide bonds. The van der Waals surface area contributed by atoms with Gasteiger partial charge in [-0.3, -0.25) is 24.0 Å². The summed E-state index contributed by atoms with van der Waals surface area (Å²) in [5.74, 6) is -3.12. The van der Waals surface area contributed by atoms with Crippen LogP contribution in [-0.4, -0.2) is 54.2 Å². The van der Waals surface area contributed by atoms with E-state index in [1.54, 1.807) is 36.4 Å². The van der Waals surface area contributed by atoms with Crippen LogP contribution in [0.25, 0.3) is 0 Å². The quantitative estimate of drug-likeness (QED) is 0.236. The highest BCUT2D eigenvalue weighted by Gasteiger charge is 2.35. The number of nitrogens with two attached hydrogens (primary N) is 1. The third-order valence-electron chi connectivity index (χ3n) is 8.02. The number of benzene rings is 2. The molecule has 1 aliphatic heterocycles. The summed E-state index contributed by atoms with van der Waals surface area (Å²) >= 11 is 0. The second-order valence-corrected chi connectivity index (χ2v) is 11.7. The predicted molar refractivity (Wildman–Crippen MR) is 176 cm³/mol. The van der Waals surface area contributed by atoms with Crippen LogP contribution in [0.3, 0.4) is 0 Å². The molecule has 15 heteroatoms. The van der Waals surface area contributed by atoms with Crippen LogP contribution in [-0.2, 0) is 56.0 Å². The molecule has 0 saturated carbocycles. The lowest BCUT2D eigenvalue weighted by Gasteiger charge is -2.24. The summed E-state index contributed by atoms with van der Waals surface area (Å²) < 4.78 is 47.0. The number of halogens is 3. The third-order valence-corrected chi connectivity index (χ3v) is 8.02. The van der Waals surface area contributed by atoms with Crippen molar-refractivity contribution < 1.29 is 41.6 Å². The third kappa shape index (κ3) is 11.2. The SMILES string of the molecule is NC(=O)[C@@H]1CCCCN/C=C/C(=O)N[C@H](Cc2ccccc2C(F)(F)F)C(=O)N[C@@H](Cc2ccco2)C(=O)NCc2ccccc2CC(=O)N1. The number of carbonyl (C=O) groups is 5. The summed E-state index contributed by atoms with van der Waals surface area (Å²) in [6.45, 7) is 0.325. The molecule has 2 heterocycles. The molecule has 4 rings (SSSR count). The van der Waals surface area contributed by atoms with Gasteiger partial charge in [0.05, 0.1) is 18.2 Å². The van der Waals surface area contributed by atoms with E-state index in [-0.39, 0.29) is 31.4 Å². The van der Waals surface area contributed by atoms with E-state index in [1.165, 1.54) is 30.7 Å². The Morgan fingerprint density at radius 3 is 2.28 bits per heavy atom. The Kier molecular flexibility index (Phi) is 13.2. The Bertz CT molecular complexity index is 1680. The summed E-state index contributed by atoms with van der Waals surface area (Å²) in [5.41, 5.74) is 5.49. The molecule has 0 aliphatic carbocycles. The molecule has 1 aromatic heterocycles. The van der Waals surface area contributed by atoms with Crippen molar-refractivity contribution in [2.75, 3.05) is 6.54 Å². The second-order valence-electron chi connectivity index (χ2n) is 11.7. The first kappa shape index (κ1) is 37.2. The number of furan rings is 1. The summed E-state index contributed by atoms with van der Waals surface area (Å²) in [7, 11) is 0. The highest BCUT2D eigenvalue weighted by molar-refractivity contribution is 5.95. The maximum absolute atomic E-state index is 13.9. The number of fused-ring (bicyclic) bond motifs is 1. The Hall–Kier alpha value is -5.60. The Morgan fingerprint density at radius 1 is 0.840 bits per heavy atom. The van der Waals surface area contributed by atoms with Gasteiger partial charge in [0.25, 0.3) is 0 Å². The normalized spacial score (nSPS) is 21.1. The van der Waals surface area contributed by atoms with Crippen LogP contribution in [0.15, 0.2) is 83.6 Å². The molecular weight excluding hydrogens is 657 g/mol. The molecule has 1 aliphatic rings. The second kappa shape index (κ2) is 17.7. The monoisotopic (exact) mass is 696 g/mol. The first-order chi connectivity index (χ1) is 23.9. The fraction of sp³-hybridized carbons (Fsp3) is 0.343. The Balaban J connectivity index is 1.64. The number of carbonyl (C=O) groups excluding carboxylic acids is 5. The molecule has 7 N–H and O–H groups in total. The van der Waals surface area contributed by atoms with Crippen LogP contribution < -0.4 is 32.3 Å². The lowest BCUT2D eigenvalue weighted by Crippen LogP contribution is -2.55.